The summed E-state index contributed by atoms with van der Waals surface area (Å²) in [4.78, 5) is 21.5. The molecule has 24 heavy (non-hydrogen) atoms. The summed E-state index contributed by atoms with van der Waals surface area (Å²) in [6, 6.07) is 7.69. The lowest BCUT2D eigenvalue weighted by atomic mass is 10.3. The first kappa shape index (κ1) is 14.6. The number of aromatic nitrogens is 4. The Kier molecular flexibility index (Phi) is 3.62. The zero-order chi connectivity index (χ0) is 16.5. The molecule has 0 saturated heterocycles. The first-order valence-electron chi connectivity index (χ1n) is 7.47. The Morgan fingerprint density at radius 1 is 1.33 bits per heavy atom. The van der Waals surface area contributed by atoms with Crippen LogP contribution in [-0.4, -0.2) is 24.8 Å². The molecule has 4 heterocycles. The minimum absolute atomic E-state index is 0.188. The number of pyridine rings is 1. The Morgan fingerprint density at radius 2 is 2.25 bits per heavy atom. The summed E-state index contributed by atoms with van der Waals surface area (Å²) in [7, 11) is 1.90. The van der Waals surface area contributed by atoms with Crippen LogP contribution in [0.2, 0.25) is 0 Å². The van der Waals surface area contributed by atoms with Gasteiger partial charge in [-0.15, -0.1) is 0 Å². The standard InChI is InChI=1S/C17H15N5OS/c1-21-9-13(19-11-21)16-20-15(14-4-2-3-6-22(14)16)17(23)18-8-12-5-7-24-10-12/h2-7,9-11H,8H2,1H3,(H,18,23). The van der Waals surface area contributed by atoms with Gasteiger partial charge in [-0.05, 0) is 34.5 Å². The number of fused-ring (bicyclic) bond motifs is 1. The van der Waals surface area contributed by atoms with Crippen molar-refractivity contribution in [2.75, 3.05) is 0 Å². The van der Waals surface area contributed by atoms with E-state index in [1.54, 1.807) is 17.7 Å². The van der Waals surface area contributed by atoms with E-state index >= 15 is 0 Å². The third-order valence-corrected chi connectivity index (χ3v) is 4.46. The van der Waals surface area contributed by atoms with Crippen molar-refractivity contribution in [2.45, 2.75) is 6.54 Å². The number of carbonyl (C=O) groups is 1. The number of amides is 1. The highest BCUT2D eigenvalue weighted by Crippen LogP contribution is 2.21. The van der Waals surface area contributed by atoms with Gasteiger partial charge >= 0.3 is 0 Å². The molecule has 4 aromatic heterocycles. The summed E-state index contributed by atoms with van der Waals surface area (Å²) in [6.45, 7) is 0.493. The normalized spacial score (nSPS) is 11.0. The van der Waals surface area contributed by atoms with Gasteiger partial charge in [-0.2, -0.15) is 11.3 Å². The molecule has 0 aliphatic rings. The van der Waals surface area contributed by atoms with Crippen LogP contribution in [-0.2, 0) is 13.6 Å². The quantitative estimate of drug-likeness (QED) is 0.623. The van der Waals surface area contributed by atoms with Crippen molar-refractivity contribution in [3.63, 3.8) is 0 Å². The van der Waals surface area contributed by atoms with Crippen molar-refractivity contribution in [3.05, 3.63) is 65.0 Å². The van der Waals surface area contributed by atoms with Gasteiger partial charge in [0.25, 0.3) is 5.91 Å². The minimum atomic E-state index is -0.188. The van der Waals surface area contributed by atoms with E-state index in [0.29, 0.717) is 18.1 Å². The maximum absolute atomic E-state index is 12.6. The number of nitrogens with one attached hydrogen (secondary N) is 1. The Morgan fingerprint density at radius 3 is 3.00 bits per heavy atom. The second-order valence-electron chi connectivity index (χ2n) is 5.48. The molecule has 0 fully saturated rings. The van der Waals surface area contributed by atoms with E-state index in [4.69, 9.17) is 0 Å². The summed E-state index contributed by atoms with van der Waals surface area (Å²) >= 11 is 1.61. The molecule has 0 atom stereocenters. The van der Waals surface area contributed by atoms with Gasteiger partial charge in [0.1, 0.15) is 5.69 Å². The lowest BCUT2D eigenvalue weighted by Gasteiger charge is -2.01. The van der Waals surface area contributed by atoms with Crippen molar-refractivity contribution >= 4 is 22.8 Å². The minimum Gasteiger partial charge on any atom is -0.347 e. The average molecular weight is 337 g/mol. The number of aryl methyl sites for hydroxylation is 1. The fourth-order valence-corrected chi connectivity index (χ4v) is 3.24. The largest absolute Gasteiger partial charge is 0.347 e. The summed E-state index contributed by atoms with van der Waals surface area (Å²) in [5, 5.41) is 6.94. The van der Waals surface area contributed by atoms with Crippen LogP contribution in [0.15, 0.2) is 53.7 Å². The third-order valence-electron chi connectivity index (χ3n) is 3.73. The Hall–Kier alpha value is -2.93. The summed E-state index contributed by atoms with van der Waals surface area (Å²) < 4.78 is 3.75. The number of hydrogen-bond donors (Lipinski definition) is 1. The summed E-state index contributed by atoms with van der Waals surface area (Å²) in [5.74, 6) is 0.471. The van der Waals surface area contributed by atoms with Crippen LogP contribution in [0.5, 0.6) is 0 Å². The van der Waals surface area contributed by atoms with Gasteiger partial charge in [-0.25, -0.2) is 9.97 Å². The molecule has 1 amide bonds. The lowest BCUT2D eigenvalue weighted by molar-refractivity contribution is 0.0948. The number of nitrogens with zero attached hydrogens (tertiary/aromatic N) is 4. The molecule has 0 aliphatic heterocycles. The van der Waals surface area contributed by atoms with Crippen LogP contribution in [0, 0.1) is 0 Å². The molecule has 0 bridgehead atoms. The molecular weight excluding hydrogens is 322 g/mol. The predicted octanol–water partition coefficient (Wildman–Crippen LogP) is 2.73. The Labute approximate surface area is 142 Å². The average Bonchev–Trinajstić information content (AvgIpc) is 3.32. The fourth-order valence-electron chi connectivity index (χ4n) is 2.57. The molecule has 120 valence electrons. The second-order valence-corrected chi connectivity index (χ2v) is 6.26. The fraction of sp³-hybridized carbons (Fsp3) is 0.118. The van der Waals surface area contributed by atoms with Crippen molar-refractivity contribution in [3.8, 4) is 11.5 Å². The molecule has 0 saturated carbocycles. The van der Waals surface area contributed by atoms with Crippen LogP contribution in [0.3, 0.4) is 0 Å². The monoisotopic (exact) mass is 337 g/mol. The van der Waals surface area contributed by atoms with Crippen molar-refractivity contribution in [1.29, 1.82) is 0 Å². The third kappa shape index (κ3) is 2.59. The first-order chi connectivity index (χ1) is 11.7. The molecule has 6 nitrogen and oxygen atoms in total. The number of hydrogen-bond acceptors (Lipinski definition) is 4. The molecule has 0 aliphatic carbocycles. The zero-order valence-electron chi connectivity index (χ0n) is 13.0. The predicted molar refractivity (Wildman–Crippen MR) is 92.9 cm³/mol. The van der Waals surface area contributed by atoms with Crippen LogP contribution >= 0.6 is 11.3 Å². The molecule has 7 heteroatoms. The second kappa shape index (κ2) is 5.93. The van der Waals surface area contributed by atoms with E-state index in [2.05, 4.69) is 15.3 Å². The lowest BCUT2D eigenvalue weighted by Crippen LogP contribution is -2.23. The summed E-state index contributed by atoms with van der Waals surface area (Å²) in [6.07, 6.45) is 5.49. The Balaban J connectivity index is 1.71. The van der Waals surface area contributed by atoms with E-state index in [0.717, 1.165) is 16.8 Å². The van der Waals surface area contributed by atoms with Gasteiger partial charge in [-0.3, -0.25) is 9.20 Å². The maximum atomic E-state index is 12.6. The number of thiophene rings is 1. The van der Waals surface area contributed by atoms with Crippen LogP contribution in [0.1, 0.15) is 16.1 Å². The SMILES string of the molecule is Cn1cnc(-c2nc(C(=O)NCc3ccsc3)c3ccccn23)c1. The molecule has 0 spiro atoms. The van der Waals surface area contributed by atoms with E-state index in [-0.39, 0.29) is 5.91 Å². The highest BCUT2D eigenvalue weighted by atomic mass is 32.1. The van der Waals surface area contributed by atoms with Crippen LogP contribution in [0.4, 0.5) is 0 Å². The van der Waals surface area contributed by atoms with Crippen molar-refractivity contribution in [2.24, 2.45) is 7.05 Å². The maximum Gasteiger partial charge on any atom is 0.272 e. The van der Waals surface area contributed by atoms with Gasteiger partial charge in [0.05, 0.1) is 11.8 Å². The summed E-state index contributed by atoms with van der Waals surface area (Å²) in [5.41, 5.74) is 2.99. The van der Waals surface area contributed by atoms with Gasteiger partial charge in [0, 0.05) is 26.0 Å². The number of imidazole rings is 2. The topological polar surface area (TPSA) is 64.2 Å². The molecule has 1 N–H and O–H groups in total. The molecule has 0 radical (unpaired) electrons. The Bertz CT molecular complexity index is 999. The van der Waals surface area contributed by atoms with Crippen molar-refractivity contribution in [1.82, 2.24) is 24.3 Å². The molecule has 4 aromatic rings. The first-order valence-corrected chi connectivity index (χ1v) is 8.41. The highest BCUT2D eigenvalue weighted by molar-refractivity contribution is 7.07. The molecule has 4 rings (SSSR count). The van der Waals surface area contributed by atoms with Crippen molar-refractivity contribution < 1.29 is 4.79 Å². The van der Waals surface area contributed by atoms with Gasteiger partial charge in [-0.1, -0.05) is 6.07 Å². The van der Waals surface area contributed by atoms with E-state index < -0.39 is 0 Å². The smallest absolute Gasteiger partial charge is 0.272 e. The zero-order valence-corrected chi connectivity index (χ0v) is 13.8. The van der Waals surface area contributed by atoms with Crippen LogP contribution < -0.4 is 5.32 Å². The highest BCUT2D eigenvalue weighted by Gasteiger charge is 2.19. The molecule has 0 unspecified atom stereocenters. The number of rotatable bonds is 4. The van der Waals surface area contributed by atoms with Gasteiger partial charge in [0.2, 0.25) is 0 Å². The van der Waals surface area contributed by atoms with Gasteiger partial charge < -0.3 is 9.88 Å². The number of carbonyl (C=O) groups excluding carboxylic acids is 1. The van der Waals surface area contributed by atoms with E-state index in [9.17, 15) is 4.79 Å². The van der Waals surface area contributed by atoms with E-state index in [1.807, 2.05) is 63.4 Å². The van der Waals surface area contributed by atoms with E-state index in [1.165, 1.54) is 0 Å². The van der Waals surface area contributed by atoms with Crippen LogP contribution in [0.25, 0.3) is 17.0 Å². The molecular formula is C17H15N5OS. The van der Waals surface area contributed by atoms with Gasteiger partial charge in [0.15, 0.2) is 11.5 Å². The molecule has 0 aromatic carbocycles.